The Morgan fingerprint density at radius 2 is 2.03 bits per heavy atom. The van der Waals surface area contributed by atoms with Gasteiger partial charge in [0.1, 0.15) is 30.1 Å². The van der Waals surface area contributed by atoms with E-state index in [4.69, 9.17) is 27.9 Å². The number of ether oxygens (including phenoxy) is 1. The number of halogens is 3. The van der Waals surface area contributed by atoms with E-state index in [0.717, 1.165) is 16.6 Å². The number of fused-ring (bicyclic) bond motifs is 1. The van der Waals surface area contributed by atoms with Crippen LogP contribution in [0.2, 0.25) is 10.0 Å². The number of nitrogens with one attached hydrogen (secondary N) is 1. The number of hydrogen-bond acceptors (Lipinski definition) is 3. The molecule has 0 amide bonds. The summed E-state index contributed by atoms with van der Waals surface area (Å²) < 4.78 is 19.9. The molecule has 3 aromatic carbocycles. The van der Waals surface area contributed by atoms with E-state index in [0.29, 0.717) is 27.7 Å². The van der Waals surface area contributed by atoms with Crippen molar-refractivity contribution in [3.8, 4) is 11.8 Å². The van der Waals surface area contributed by atoms with Crippen LogP contribution < -0.4 is 4.74 Å². The predicted molar refractivity (Wildman–Crippen MR) is 122 cm³/mol. The van der Waals surface area contributed by atoms with Gasteiger partial charge in [-0.1, -0.05) is 35.3 Å². The maximum absolute atomic E-state index is 14.1. The van der Waals surface area contributed by atoms with Crippen molar-refractivity contribution in [1.82, 2.24) is 9.97 Å². The lowest BCUT2D eigenvalue weighted by molar-refractivity contribution is 0.299. The minimum atomic E-state index is -0.450. The zero-order valence-electron chi connectivity index (χ0n) is 16.4. The van der Waals surface area contributed by atoms with E-state index in [1.54, 1.807) is 30.3 Å². The molecule has 7 heteroatoms. The minimum Gasteiger partial charge on any atom is -0.488 e. The lowest BCUT2D eigenvalue weighted by Gasteiger charge is -2.12. The lowest BCUT2D eigenvalue weighted by Crippen LogP contribution is -2.01. The topological polar surface area (TPSA) is 61.7 Å². The van der Waals surface area contributed by atoms with Gasteiger partial charge in [-0.15, -0.1) is 0 Å². The number of benzene rings is 3. The number of aryl methyl sites for hydroxylation is 1. The van der Waals surface area contributed by atoms with Gasteiger partial charge in [0.25, 0.3) is 0 Å². The predicted octanol–water partition coefficient (Wildman–Crippen LogP) is 6.96. The molecule has 0 unspecified atom stereocenters. The molecule has 0 saturated carbocycles. The molecule has 1 aromatic heterocycles. The van der Waals surface area contributed by atoms with Crippen molar-refractivity contribution < 1.29 is 9.13 Å². The molecule has 4 nitrogen and oxygen atoms in total. The Morgan fingerprint density at radius 3 is 2.81 bits per heavy atom. The third kappa shape index (κ3) is 4.56. The summed E-state index contributed by atoms with van der Waals surface area (Å²) in [6.45, 7) is 1.91. The molecule has 0 aliphatic rings. The third-order valence-electron chi connectivity index (χ3n) is 4.72. The third-order valence-corrected chi connectivity index (χ3v) is 5.31. The zero-order chi connectivity index (χ0) is 22.0. The smallest absolute Gasteiger partial charge is 0.149 e. The summed E-state index contributed by atoms with van der Waals surface area (Å²) in [4.78, 5) is 7.67. The Bertz CT molecular complexity index is 1330. The van der Waals surface area contributed by atoms with Crippen LogP contribution in [0.1, 0.15) is 22.5 Å². The molecule has 1 N–H and O–H groups in total. The number of imidazole rings is 1. The normalized spacial score (nSPS) is 11.5. The van der Waals surface area contributed by atoms with Gasteiger partial charge < -0.3 is 9.72 Å². The highest BCUT2D eigenvalue weighted by Crippen LogP contribution is 2.29. The van der Waals surface area contributed by atoms with Crippen LogP contribution >= 0.6 is 23.2 Å². The van der Waals surface area contributed by atoms with Crippen molar-refractivity contribution in [3.05, 3.63) is 93.0 Å². The molecule has 0 spiro atoms. The lowest BCUT2D eigenvalue weighted by atomic mass is 10.1. The number of aromatic nitrogens is 2. The molecule has 0 bridgehead atoms. The van der Waals surface area contributed by atoms with E-state index in [9.17, 15) is 9.65 Å². The van der Waals surface area contributed by atoms with E-state index in [2.05, 4.69) is 16.0 Å². The van der Waals surface area contributed by atoms with Gasteiger partial charge in [-0.25, -0.2) is 9.37 Å². The Hall–Kier alpha value is -3.33. The molecule has 0 fully saturated rings. The summed E-state index contributed by atoms with van der Waals surface area (Å²) in [6, 6.07) is 17.4. The highest BCUT2D eigenvalue weighted by molar-refractivity contribution is 6.31. The fourth-order valence-electron chi connectivity index (χ4n) is 3.14. The van der Waals surface area contributed by atoms with E-state index in [1.165, 1.54) is 12.1 Å². The fraction of sp³-hybridized carbons (Fsp3) is 0.0833. The number of allylic oxidation sites excluding steroid dienone is 1. The maximum atomic E-state index is 14.1. The molecule has 0 atom stereocenters. The summed E-state index contributed by atoms with van der Waals surface area (Å²) in [5, 5.41) is 10.5. The largest absolute Gasteiger partial charge is 0.488 e. The quantitative estimate of drug-likeness (QED) is 0.333. The van der Waals surface area contributed by atoms with Crippen molar-refractivity contribution in [2.75, 3.05) is 0 Å². The average molecular weight is 452 g/mol. The van der Waals surface area contributed by atoms with Crippen molar-refractivity contribution in [2.24, 2.45) is 0 Å². The number of rotatable bonds is 5. The molecule has 31 heavy (non-hydrogen) atoms. The summed E-state index contributed by atoms with van der Waals surface area (Å²) >= 11 is 12.3. The molecule has 0 aliphatic heterocycles. The van der Waals surface area contributed by atoms with Gasteiger partial charge >= 0.3 is 0 Å². The Balaban J connectivity index is 1.70. The second-order valence-electron chi connectivity index (χ2n) is 6.95. The van der Waals surface area contributed by atoms with Crippen LogP contribution in [0.15, 0.2) is 54.6 Å². The van der Waals surface area contributed by atoms with Crippen molar-refractivity contribution >= 4 is 45.9 Å². The monoisotopic (exact) mass is 451 g/mol. The first kappa shape index (κ1) is 20.9. The summed E-state index contributed by atoms with van der Waals surface area (Å²) in [6.07, 6.45) is 1.63. The van der Waals surface area contributed by atoms with Gasteiger partial charge in [0.05, 0.1) is 21.6 Å². The van der Waals surface area contributed by atoms with Crippen LogP contribution in [0, 0.1) is 24.1 Å². The Kier molecular flexibility index (Phi) is 5.94. The summed E-state index contributed by atoms with van der Waals surface area (Å²) in [5.41, 5.74) is 3.81. The summed E-state index contributed by atoms with van der Waals surface area (Å²) in [7, 11) is 0. The number of hydrogen-bond donors (Lipinski definition) is 1. The van der Waals surface area contributed by atoms with Crippen molar-refractivity contribution in [2.45, 2.75) is 13.5 Å². The molecule has 1 heterocycles. The first-order valence-electron chi connectivity index (χ1n) is 9.38. The molecular weight excluding hydrogens is 436 g/mol. The van der Waals surface area contributed by atoms with E-state index in [1.807, 2.05) is 25.1 Å². The van der Waals surface area contributed by atoms with Crippen LogP contribution in [0.3, 0.4) is 0 Å². The highest BCUT2D eigenvalue weighted by atomic mass is 35.5. The van der Waals surface area contributed by atoms with Gasteiger partial charge in [-0.05, 0) is 61.0 Å². The van der Waals surface area contributed by atoms with Crippen molar-refractivity contribution in [1.29, 1.82) is 5.26 Å². The van der Waals surface area contributed by atoms with E-state index >= 15 is 0 Å². The number of H-pyrrole nitrogens is 1. The second kappa shape index (κ2) is 8.81. The average Bonchev–Trinajstić information content (AvgIpc) is 3.15. The maximum Gasteiger partial charge on any atom is 0.149 e. The first-order valence-corrected chi connectivity index (χ1v) is 10.1. The first-order chi connectivity index (χ1) is 14.9. The van der Waals surface area contributed by atoms with Gasteiger partial charge in [0.15, 0.2) is 0 Å². The molecule has 4 aromatic rings. The van der Waals surface area contributed by atoms with Crippen LogP contribution in [0.25, 0.3) is 22.7 Å². The number of nitrogens with zero attached hydrogens (tertiary/aromatic N) is 2. The van der Waals surface area contributed by atoms with Crippen LogP contribution in [0.5, 0.6) is 5.75 Å². The molecule has 0 aliphatic carbocycles. The van der Waals surface area contributed by atoms with Crippen LogP contribution in [0.4, 0.5) is 4.39 Å². The number of aromatic amines is 1. The van der Waals surface area contributed by atoms with E-state index < -0.39 is 5.82 Å². The molecular formula is C24H16Cl2FN3O. The molecule has 0 radical (unpaired) electrons. The minimum absolute atomic E-state index is 0.0697. The second-order valence-corrected chi connectivity index (χ2v) is 7.79. The van der Waals surface area contributed by atoms with Gasteiger partial charge in [-0.3, -0.25) is 0 Å². The fourth-order valence-corrected chi connectivity index (χ4v) is 3.54. The SMILES string of the molecule is Cc1ccc2nc(C(C#N)=Cc3cc(Cl)ccc3OCc3c(F)cccc3Cl)[nH]c2c1. The van der Waals surface area contributed by atoms with Crippen molar-refractivity contribution in [3.63, 3.8) is 0 Å². The summed E-state index contributed by atoms with van der Waals surface area (Å²) in [5.74, 6) is 0.420. The van der Waals surface area contributed by atoms with Gasteiger partial charge in [0, 0.05) is 16.1 Å². The molecule has 0 saturated heterocycles. The van der Waals surface area contributed by atoms with E-state index in [-0.39, 0.29) is 17.2 Å². The van der Waals surface area contributed by atoms with Gasteiger partial charge in [-0.2, -0.15) is 5.26 Å². The zero-order valence-corrected chi connectivity index (χ0v) is 17.9. The van der Waals surface area contributed by atoms with Crippen LogP contribution in [-0.2, 0) is 6.61 Å². The Labute approximate surface area is 188 Å². The van der Waals surface area contributed by atoms with Crippen LogP contribution in [-0.4, -0.2) is 9.97 Å². The number of nitriles is 1. The molecule has 4 rings (SSSR count). The standard InChI is InChI=1S/C24H16Cl2FN3O/c1-14-5-7-21-22(9-14)30-24(29-21)16(12-28)10-15-11-17(25)6-8-23(15)31-13-18-19(26)3-2-4-20(18)27/h2-11H,13H2,1H3,(H,29,30). The highest BCUT2D eigenvalue weighted by Gasteiger charge is 2.13. The van der Waals surface area contributed by atoms with Gasteiger partial charge in [0.2, 0.25) is 0 Å². The Morgan fingerprint density at radius 1 is 1.19 bits per heavy atom. The molecule has 154 valence electrons.